The summed E-state index contributed by atoms with van der Waals surface area (Å²) in [5.41, 5.74) is 6.30. The second-order valence-corrected chi connectivity index (χ2v) is 31.5. The van der Waals surface area contributed by atoms with Crippen molar-refractivity contribution < 1.29 is 28.5 Å². The molecule has 8 nitrogen and oxygen atoms in total. The molecule has 2 heterocycles. The lowest BCUT2D eigenvalue weighted by Crippen LogP contribution is -2.59. The number of piperidine rings is 1. The third kappa shape index (κ3) is 9.73. The fraction of sp³-hybridized carbons (Fsp3) is 0.698. The minimum atomic E-state index is -2.39. The van der Waals surface area contributed by atoms with E-state index < -0.39 is 27.7 Å². The lowest BCUT2D eigenvalue weighted by molar-refractivity contribution is -0.0630. The molecule has 4 rings (SSSR count). The van der Waals surface area contributed by atoms with Crippen molar-refractivity contribution in [1.29, 1.82) is 0 Å². The number of carboxylic acid groups (broad SMARTS) is 1. The predicted molar refractivity (Wildman–Crippen MR) is 231 cm³/mol. The fourth-order valence-corrected chi connectivity index (χ4v) is 24.8. The van der Waals surface area contributed by atoms with Crippen molar-refractivity contribution >= 4 is 38.5 Å². The minimum absolute atomic E-state index is 0.128. The molecule has 0 aromatic heterocycles. The maximum absolute atomic E-state index is 12.8. The Hall–Kier alpha value is -2.03. The van der Waals surface area contributed by atoms with Crippen LogP contribution in [0.25, 0.3) is 0 Å². The summed E-state index contributed by atoms with van der Waals surface area (Å²) in [6.45, 7) is 32.3. The summed E-state index contributed by atoms with van der Waals surface area (Å²) in [6, 6.07) is 15.5. The van der Waals surface area contributed by atoms with Gasteiger partial charge in [0.2, 0.25) is 8.32 Å². The summed E-state index contributed by atoms with van der Waals surface area (Å²) in [5.74, 6) is 0.759. The van der Waals surface area contributed by atoms with E-state index in [1.807, 2.05) is 6.07 Å². The largest absolute Gasteiger partial charge is 0.490 e. The third-order valence-corrected chi connectivity index (χ3v) is 30.8. The molecular formula is C43H72N2O6SSi2. The van der Waals surface area contributed by atoms with Gasteiger partial charge in [0.1, 0.15) is 19.6 Å². The number of nitrogens with zero attached hydrogens (tertiary/aromatic N) is 2. The predicted octanol–water partition coefficient (Wildman–Crippen LogP) is 11.4. The Morgan fingerprint density at radius 1 is 0.852 bits per heavy atom. The molecule has 0 bridgehead atoms. The van der Waals surface area contributed by atoms with Crippen LogP contribution in [-0.4, -0.2) is 90.4 Å². The first-order valence-electron chi connectivity index (χ1n) is 20.5. The normalized spacial score (nSPS) is 19.8. The molecule has 1 fully saturated rings. The number of fused-ring (bicyclic) bond motifs is 1. The smallest absolute Gasteiger partial charge is 0.407 e. The zero-order valence-corrected chi connectivity index (χ0v) is 38.5. The first-order chi connectivity index (χ1) is 25.5. The van der Waals surface area contributed by atoms with Gasteiger partial charge >= 0.3 is 6.09 Å². The molecule has 2 aliphatic heterocycles. The number of methoxy groups -OCH3 is 1. The van der Waals surface area contributed by atoms with Gasteiger partial charge in [0.25, 0.3) is 0 Å². The maximum Gasteiger partial charge on any atom is 0.407 e. The SMILES string of the molecule is COCCCN1CCOc2ccc(COC3CN(C(=O)O)CC(O[Si](C(C)C)(C(C)C)C(C)C)C3c3ccc(S[Si](C(C)C)(C(C)C)C(C)C)cc3)cc21. The Balaban J connectivity index is 1.74. The molecule has 3 unspecified atom stereocenters. The minimum Gasteiger partial charge on any atom is -0.490 e. The standard InChI is InChI=1S/C43H72N2O6SSi2/c1-29(2)53(30(3)4,31(5)6)51-41-27-45(43(46)47)26-40(50-28-35-15-20-39-38(25-35)44(22-24-49-39)21-14-23-48-13)42(41)36-16-18-37(19-17-36)52-54(32(7)8,33(9)10)34(11)12/h15-20,25,29-34,40-42H,14,21-24,26-28H2,1-13H3,(H,46,47). The quantitative estimate of drug-likeness (QED) is 0.118. The Morgan fingerprint density at radius 2 is 1.44 bits per heavy atom. The van der Waals surface area contributed by atoms with Crippen LogP contribution in [0.15, 0.2) is 47.4 Å². The number of rotatable bonds is 18. The van der Waals surface area contributed by atoms with Crippen LogP contribution in [0, 0.1) is 0 Å². The Morgan fingerprint density at radius 3 is 1.98 bits per heavy atom. The van der Waals surface area contributed by atoms with Gasteiger partial charge in [0.15, 0.2) is 0 Å². The van der Waals surface area contributed by atoms with Gasteiger partial charge < -0.3 is 33.5 Å². The summed E-state index contributed by atoms with van der Waals surface area (Å²) >= 11 is 2.14. The summed E-state index contributed by atoms with van der Waals surface area (Å²) in [7, 11) is -2.39. The highest BCUT2D eigenvalue weighted by molar-refractivity contribution is 8.29. The average Bonchev–Trinajstić information content (AvgIpc) is 3.11. The number of likely N-dealkylation sites (tertiary alicyclic amines) is 1. The van der Waals surface area contributed by atoms with E-state index in [-0.39, 0.29) is 18.6 Å². The molecular weight excluding hydrogens is 729 g/mol. The third-order valence-electron chi connectivity index (χ3n) is 12.4. The van der Waals surface area contributed by atoms with E-state index in [1.165, 1.54) is 9.80 Å². The summed E-state index contributed by atoms with van der Waals surface area (Å²) < 4.78 is 25.8. The number of hydrogen-bond donors (Lipinski definition) is 1. The fourth-order valence-electron chi connectivity index (χ4n) is 10.1. The maximum atomic E-state index is 12.8. The van der Waals surface area contributed by atoms with E-state index in [2.05, 4.69) is 136 Å². The zero-order valence-electron chi connectivity index (χ0n) is 35.7. The number of amides is 1. The molecule has 1 amide bonds. The van der Waals surface area contributed by atoms with Crippen LogP contribution in [0.4, 0.5) is 10.5 Å². The lowest BCUT2D eigenvalue weighted by Gasteiger charge is -2.50. The van der Waals surface area contributed by atoms with Gasteiger partial charge in [0.05, 0.1) is 37.6 Å². The first-order valence-corrected chi connectivity index (χ1v) is 26.5. The molecule has 2 aliphatic rings. The van der Waals surface area contributed by atoms with Crippen LogP contribution in [0.3, 0.4) is 0 Å². The first kappa shape index (κ1) is 44.7. The van der Waals surface area contributed by atoms with Crippen LogP contribution in [0.5, 0.6) is 5.75 Å². The average molecular weight is 801 g/mol. The van der Waals surface area contributed by atoms with E-state index >= 15 is 0 Å². The van der Waals surface area contributed by atoms with Crippen molar-refractivity contribution in [2.75, 3.05) is 51.4 Å². The Bertz CT molecular complexity index is 1440. The molecule has 3 atom stereocenters. The molecule has 1 saturated heterocycles. The van der Waals surface area contributed by atoms with Crippen LogP contribution in [0.1, 0.15) is 107 Å². The van der Waals surface area contributed by atoms with Gasteiger partial charge in [-0.25, -0.2) is 4.79 Å². The van der Waals surface area contributed by atoms with E-state index in [0.717, 1.165) is 42.1 Å². The van der Waals surface area contributed by atoms with Crippen molar-refractivity contribution in [1.82, 2.24) is 4.90 Å². The van der Waals surface area contributed by atoms with E-state index in [9.17, 15) is 9.90 Å². The van der Waals surface area contributed by atoms with Crippen LogP contribution < -0.4 is 9.64 Å². The molecule has 0 aliphatic carbocycles. The van der Waals surface area contributed by atoms with Gasteiger partial charge in [0, 0.05) is 37.6 Å². The monoisotopic (exact) mass is 800 g/mol. The van der Waals surface area contributed by atoms with E-state index in [1.54, 1.807) is 7.11 Å². The summed E-state index contributed by atoms with van der Waals surface area (Å²) in [6.07, 6.45) is -0.713. The Kier molecular flexibility index (Phi) is 16.1. The lowest BCUT2D eigenvalue weighted by atomic mass is 9.84. The Labute approximate surface area is 333 Å². The zero-order chi connectivity index (χ0) is 40.0. The molecule has 0 spiro atoms. The second kappa shape index (κ2) is 19.4. The van der Waals surface area contributed by atoms with Crippen molar-refractivity contribution in [3.8, 4) is 5.75 Å². The van der Waals surface area contributed by atoms with Crippen LogP contribution in [0.2, 0.25) is 33.2 Å². The highest BCUT2D eigenvalue weighted by Gasteiger charge is 2.51. The number of anilines is 1. The number of hydrogen-bond acceptors (Lipinski definition) is 7. The van der Waals surface area contributed by atoms with Gasteiger partial charge in [-0.05, 0) is 75.1 Å². The molecule has 0 saturated carbocycles. The van der Waals surface area contributed by atoms with Crippen molar-refractivity contribution in [3.63, 3.8) is 0 Å². The van der Waals surface area contributed by atoms with Gasteiger partial charge in [-0.15, -0.1) is 0 Å². The molecule has 54 heavy (non-hydrogen) atoms. The number of benzene rings is 2. The highest BCUT2D eigenvalue weighted by atomic mass is 32.4. The molecule has 1 N–H and O–H groups in total. The molecule has 2 aromatic carbocycles. The van der Waals surface area contributed by atoms with Crippen LogP contribution in [-0.2, 0) is 20.5 Å². The van der Waals surface area contributed by atoms with Gasteiger partial charge in [-0.1, -0.05) is 101 Å². The van der Waals surface area contributed by atoms with Gasteiger partial charge in [-0.2, -0.15) is 11.2 Å². The number of carbonyl (C=O) groups is 1. The summed E-state index contributed by atoms with van der Waals surface area (Å²) in [4.78, 5) is 18.0. The van der Waals surface area contributed by atoms with E-state index in [0.29, 0.717) is 59.6 Å². The van der Waals surface area contributed by atoms with E-state index in [4.69, 9.17) is 18.6 Å². The molecule has 2 aromatic rings. The molecule has 304 valence electrons. The summed E-state index contributed by atoms with van der Waals surface area (Å²) in [5, 5.41) is 10.5. The molecule has 11 heteroatoms. The van der Waals surface area contributed by atoms with Crippen molar-refractivity contribution in [3.05, 3.63) is 53.6 Å². The highest BCUT2D eigenvalue weighted by Crippen LogP contribution is 2.52. The van der Waals surface area contributed by atoms with Crippen LogP contribution >= 0.6 is 11.2 Å². The topological polar surface area (TPSA) is 80.7 Å². The van der Waals surface area contributed by atoms with Crippen molar-refractivity contribution in [2.45, 2.75) is 152 Å². The number of ether oxygens (including phenoxy) is 3. The van der Waals surface area contributed by atoms with Crippen molar-refractivity contribution in [2.24, 2.45) is 0 Å². The molecule has 0 radical (unpaired) electrons. The second-order valence-electron chi connectivity index (χ2n) is 17.5. The van der Waals surface area contributed by atoms with Gasteiger partial charge in [-0.3, -0.25) is 0 Å².